The summed E-state index contributed by atoms with van der Waals surface area (Å²) in [7, 11) is 0. The van der Waals surface area contributed by atoms with Gasteiger partial charge in [0.05, 0.1) is 11.1 Å². The number of aromatic nitrogens is 1. The Morgan fingerprint density at radius 3 is 2.23 bits per heavy atom. The number of piperazine rings is 1. The molecule has 1 aromatic heterocycles. The molecule has 2 heterocycles. The van der Waals surface area contributed by atoms with Crippen LogP contribution in [-0.2, 0) is 19.5 Å². The van der Waals surface area contributed by atoms with Gasteiger partial charge in [-0.25, -0.2) is 0 Å². The molecule has 0 saturated carbocycles. The van der Waals surface area contributed by atoms with E-state index in [9.17, 15) is 4.79 Å². The Balaban J connectivity index is 1.13. The lowest BCUT2D eigenvalue weighted by molar-refractivity contribution is 0.0952. The van der Waals surface area contributed by atoms with Gasteiger partial charge in [-0.1, -0.05) is 73.7 Å². The minimum absolute atomic E-state index is 0.0109. The van der Waals surface area contributed by atoms with Crippen LogP contribution in [0.25, 0.3) is 10.9 Å². The first-order chi connectivity index (χ1) is 19.2. The normalized spacial score (nSPS) is 14.5. The van der Waals surface area contributed by atoms with Gasteiger partial charge in [0.2, 0.25) is 0 Å². The summed E-state index contributed by atoms with van der Waals surface area (Å²) in [4.78, 5) is 18.3. The molecular formula is C33H40N4O2. The number of nitrogens with one attached hydrogen (secondary N) is 1. The average Bonchev–Trinajstić information content (AvgIpc) is 3.37. The molecule has 0 radical (unpaired) electrons. The predicted molar refractivity (Wildman–Crippen MR) is 158 cm³/mol. The first-order valence-electron chi connectivity index (χ1n) is 14.3. The van der Waals surface area contributed by atoms with Crippen molar-refractivity contribution in [3.8, 4) is 5.75 Å². The number of fused-ring (bicyclic) bond motifs is 1. The van der Waals surface area contributed by atoms with Crippen LogP contribution < -0.4 is 10.1 Å². The highest BCUT2D eigenvalue weighted by Crippen LogP contribution is 2.26. The highest BCUT2D eigenvalue weighted by Gasteiger charge is 2.19. The highest BCUT2D eigenvalue weighted by molar-refractivity contribution is 6.07. The molecular weight excluding hydrogens is 484 g/mol. The van der Waals surface area contributed by atoms with Gasteiger partial charge in [0, 0.05) is 57.4 Å². The van der Waals surface area contributed by atoms with Gasteiger partial charge in [0.15, 0.2) is 0 Å². The van der Waals surface area contributed by atoms with Gasteiger partial charge in [-0.05, 0) is 42.6 Å². The number of carbonyl (C=O) groups is 1. The quantitative estimate of drug-likeness (QED) is 0.276. The second-order valence-electron chi connectivity index (χ2n) is 10.3. The Labute approximate surface area is 232 Å². The summed E-state index contributed by atoms with van der Waals surface area (Å²) in [5.74, 6) is 0.931. The number of carbonyl (C=O) groups excluding carboxylic acids is 1. The van der Waals surface area contributed by atoms with Crippen molar-refractivity contribution in [1.29, 1.82) is 0 Å². The Morgan fingerprint density at radius 1 is 0.821 bits per heavy atom. The van der Waals surface area contributed by atoms with Crippen molar-refractivity contribution in [2.45, 2.75) is 32.9 Å². The van der Waals surface area contributed by atoms with Crippen molar-refractivity contribution in [3.63, 3.8) is 0 Å². The van der Waals surface area contributed by atoms with E-state index in [1.54, 1.807) is 0 Å². The third-order valence-electron chi connectivity index (χ3n) is 7.66. The highest BCUT2D eigenvalue weighted by atomic mass is 16.5. The Hall–Kier alpha value is -3.61. The lowest BCUT2D eigenvalue weighted by Crippen LogP contribution is -2.47. The third-order valence-corrected chi connectivity index (χ3v) is 7.66. The van der Waals surface area contributed by atoms with Crippen molar-refractivity contribution in [1.82, 2.24) is 19.7 Å². The molecule has 5 rings (SSSR count). The van der Waals surface area contributed by atoms with Crippen LogP contribution in [0.4, 0.5) is 0 Å². The maximum Gasteiger partial charge on any atom is 0.253 e. The van der Waals surface area contributed by atoms with E-state index in [1.807, 2.05) is 60.7 Å². The smallest absolute Gasteiger partial charge is 0.253 e. The minimum atomic E-state index is -0.0109. The van der Waals surface area contributed by atoms with E-state index < -0.39 is 0 Å². The van der Waals surface area contributed by atoms with Crippen LogP contribution in [0.5, 0.6) is 5.75 Å². The van der Waals surface area contributed by atoms with E-state index >= 15 is 0 Å². The number of amides is 1. The number of para-hydroxylation sites is 2. The van der Waals surface area contributed by atoms with Crippen molar-refractivity contribution in [2.75, 3.05) is 45.9 Å². The predicted octanol–water partition coefficient (Wildman–Crippen LogP) is 5.22. The van der Waals surface area contributed by atoms with Crippen LogP contribution in [0.3, 0.4) is 0 Å². The van der Waals surface area contributed by atoms with E-state index in [1.165, 1.54) is 11.1 Å². The molecule has 0 spiro atoms. The number of aryl methyl sites for hydroxylation is 2. The van der Waals surface area contributed by atoms with Crippen LogP contribution in [0.15, 0.2) is 85.1 Å². The summed E-state index contributed by atoms with van der Waals surface area (Å²) in [5, 5.41) is 4.17. The zero-order chi connectivity index (χ0) is 26.9. The molecule has 1 fully saturated rings. The first kappa shape index (κ1) is 27.0. The summed E-state index contributed by atoms with van der Waals surface area (Å²) < 4.78 is 8.18. The molecule has 4 aromatic rings. The molecule has 1 aliphatic heterocycles. The van der Waals surface area contributed by atoms with Crippen LogP contribution in [0.2, 0.25) is 0 Å². The largest absolute Gasteiger partial charge is 0.492 e. The van der Waals surface area contributed by atoms with Gasteiger partial charge in [0.1, 0.15) is 12.4 Å². The SMILES string of the molecule is CCc1cccc2c(C(=O)NCc3ccccc3)cn(CCCN3CCN(CCOc4ccccc4)CC3)c12. The minimum Gasteiger partial charge on any atom is -0.492 e. The Morgan fingerprint density at radius 2 is 1.51 bits per heavy atom. The summed E-state index contributed by atoms with van der Waals surface area (Å²) in [6, 6.07) is 26.5. The molecule has 1 N–H and O–H groups in total. The second kappa shape index (κ2) is 13.5. The van der Waals surface area contributed by atoms with Gasteiger partial charge in [-0.3, -0.25) is 9.69 Å². The van der Waals surface area contributed by atoms with Gasteiger partial charge in [-0.2, -0.15) is 0 Å². The van der Waals surface area contributed by atoms with Gasteiger partial charge < -0.3 is 19.5 Å². The molecule has 3 aromatic carbocycles. The molecule has 1 aliphatic rings. The fourth-order valence-corrected chi connectivity index (χ4v) is 5.46. The van der Waals surface area contributed by atoms with Crippen LogP contribution >= 0.6 is 0 Å². The topological polar surface area (TPSA) is 49.7 Å². The molecule has 0 unspecified atom stereocenters. The zero-order valence-electron chi connectivity index (χ0n) is 23.0. The number of rotatable bonds is 12. The molecule has 0 atom stereocenters. The lowest BCUT2D eigenvalue weighted by Gasteiger charge is -2.34. The summed E-state index contributed by atoms with van der Waals surface area (Å²) >= 11 is 0. The molecule has 204 valence electrons. The maximum absolute atomic E-state index is 13.2. The lowest BCUT2D eigenvalue weighted by atomic mass is 10.1. The van der Waals surface area contributed by atoms with Crippen LogP contribution in [-0.4, -0.2) is 66.1 Å². The molecule has 6 nitrogen and oxygen atoms in total. The molecule has 1 amide bonds. The van der Waals surface area contributed by atoms with Crippen molar-refractivity contribution in [3.05, 3.63) is 102 Å². The number of nitrogens with zero attached hydrogens (tertiary/aromatic N) is 3. The van der Waals surface area contributed by atoms with Crippen molar-refractivity contribution < 1.29 is 9.53 Å². The van der Waals surface area contributed by atoms with Gasteiger partial charge in [0.25, 0.3) is 5.91 Å². The molecule has 0 aliphatic carbocycles. The fourth-order valence-electron chi connectivity index (χ4n) is 5.46. The van der Waals surface area contributed by atoms with E-state index in [2.05, 4.69) is 51.0 Å². The third kappa shape index (κ3) is 7.08. The molecule has 6 heteroatoms. The number of hydrogen-bond acceptors (Lipinski definition) is 4. The fraction of sp³-hybridized carbons (Fsp3) is 0.364. The van der Waals surface area contributed by atoms with Crippen molar-refractivity contribution >= 4 is 16.8 Å². The van der Waals surface area contributed by atoms with E-state index in [-0.39, 0.29) is 5.91 Å². The summed E-state index contributed by atoms with van der Waals surface area (Å²) in [5.41, 5.74) is 4.37. The van der Waals surface area contributed by atoms with Crippen molar-refractivity contribution in [2.24, 2.45) is 0 Å². The Kier molecular flexibility index (Phi) is 9.30. The van der Waals surface area contributed by atoms with E-state index in [0.29, 0.717) is 6.54 Å². The van der Waals surface area contributed by atoms with E-state index in [4.69, 9.17) is 4.74 Å². The standard InChI is InChI=1S/C33H40N4O2/c1-2-28-13-9-16-30-31(33(38)34-25-27-11-5-3-6-12-27)26-37(32(28)30)18-10-17-35-19-21-36(22-20-35)23-24-39-29-14-7-4-8-15-29/h3-9,11-16,26H,2,10,17-25H2,1H3,(H,34,38). The zero-order valence-corrected chi connectivity index (χ0v) is 23.0. The molecule has 39 heavy (non-hydrogen) atoms. The maximum atomic E-state index is 13.2. The first-order valence-corrected chi connectivity index (χ1v) is 14.3. The number of hydrogen-bond donors (Lipinski definition) is 1. The molecule has 0 bridgehead atoms. The van der Waals surface area contributed by atoms with Crippen LogP contribution in [0.1, 0.15) is 34.8 Å². The second-order valence-corrected chi connectivity index (χ2v) is 10.3. The van der Waals surface area contributed by atoms with Crippen LogP contribution in [0, 0.1) is 0 Å². The van der Waals surface area contributed by atoms with Gasteiger partial charge in [-0.15, -0.1) is 0 Å². The summed E-state index contributed by atoms with van der Waals surface area (Å²) in [6.07, 6.45) is 4.07. The Bertz CT molecular complexity index is 1330. The monoisotopic (exact) mass is 524 g/mol. The molecule has 1 saturated heterocycles. The van der Waals surface area contributed by atoms with Gasteiger partial charge >= 0.3 is 0 Å². The average molecular weight is 525 g/mol. The number of benzene rings is 3. The summed E-state index contributed by atoms with van der Waals surface area (Å²) in [6.45, 7) is 10.7. The number of ether oxygens (including phenoxy) is 1. The van der Waals surface area contributed by atoms with E-state index in [0.717, 1.165) is 87.5 Å².